The zero-order valence-electron chi connectivity index (χ0n) is 15.0. The molecule has 3 rings (SSSR count). The fourth-order valence-corrected chi connectivity index (χ4v) is 3.29. The summed E-state index contributed by atoms with van der Waals surface area (Å²) in [4.78, 5) is 12.5. The molecule has 1 aliphatic carbocycles. The van der Waals surface area contributed by atoms with Crippen LogP contribution in [0.4, 0.5) is 5.82 Å². The molecule has 1 aromatic heterocycles. The van der Waals surface area contributed by atoms with E-state index in [-0.39, 0.29) is 36.3 Å². The second kappa shape index (κ2) is 8.02. The SMILES string of the molecule is Cc1cnn(C2CCCc3ccccc32)c1NC(=O)C(C)C(C)N.Cl. The first kappa shape index (κ1) is 19.5. The number of nitrogens with two attached hydrogens (primary N) is 1. The van der Waals surface area contributed by atoms with Crippen LogP contribution in [0.3, 0.4) is 0 Å². The number of carbonyl (C=O) groups excluding carboxylic acids is 1. The molecular weight excluding hydrogens is 336 g/mol. The Morgan fingerprint density at radius 2 is 2.08 bits per heavy atom. The number of anilines is 1. The number of hydrogen-bond donors (Lipinski definition) is 2. The molecule has 3 atom stereocenters. The Balaban J connectivity index is 0.00000225. The molecule has 5 nitrogen and oxygen atoms in total. The van der Waals surface area contributed by atoms with Gasteiger partial charge < -0.3 is 11.1 Å². The van der Waals surface area contributed by atoms with E-state index in [2.05, 4.69) is 34.7 Å². The molecule has 0 bridgehead atoms. The molecule has 0 spiro atoms. The number of aryl methyl sites for hydroxylation is 2. The maximum Gasteiger partial charge on any atom is 0.229 e. The van der Waals surface area contributed by atoms with Gasteiger partial charge in [0.25, 0.3) is 0 Å². The smallest absolute Gasteiger partial charge is 0.229 e. The van der Waals surface area contributed by atoms with Gasteiger partial charge in [0.15, 0.2) is 0 Å². The molecule has 3 N–H and O–H groups in total. The number of benzene rings is 1. The van der Waals surface area contributed by atoms with Crippen molar-refractivity contribution in [1.29, 1.82) is 0 Å². The zero-order chi connectivity index (χ0) is 17.3. The average Bonchev–Trinajstić information content (AvgIpc) is 2.94. The van der Waals surface area contributed by atoms with Gasteiger partial charge in [-0.15, -0.1) is 12.4 Å². The number of nitrogens with zero attached hydrogens (tertiary/aromatic N) is 2. The number of aromatic nitrogens is 2. The van der Waals surface area contributed by atoms with Crippen molar-refractivity contribution >= 4 is 24.1 Å². The van der Waals surface area contributed by atoms with E-state index in [9.17, 15) is 4.79 Å². The van der Waals surface area contributed by atoms with Crippen LogP contribution < -0.4 is 11.1 Å². The molecule has 1 heterocycles. The topological polar surface area (TPSA) is 72.9 Å². The Labute approximate surface area is 155 Å². The number of fused-ring (bicyclic) bond motifs is 1. The molecule has 25 heavy (non-hydrogen) atoms. The van der Waals surface area contributed by atoms with E-state index in [0.717, 1.165) is 30.6 Å². The van der Waals surface area contributed by atoms with Crippen LogP contribution in [-0.4, -0.2) is 21.7 Å². The minimum atomic E-state index is -0.244. The van der Waals surface area contributed by atoms with E-state index in [1.54, 1.807) is 0 Å². The molecule has 0 radical (unpaired) electrons. The van der Waals surface area contributed by atoms with Gasteiger partial charge in [0.1, 0.15) is 5.82 Å². The molecule has 1 aliphatic rings. The van der Waals surface area contributed by atoms with E-state index in [1.807, 2.05) is 31.6 Å². The number of nitrogens with one attached hydrogen (secondary N) is 1. The van der Waals surface area contributed by atoms with Gasteiger partial charge in [-0.3, -0.25) is 4.79 Å². The van der Waals surface area contributed by atoms with Crippen LogP contribution in [0.5, 0.6) is 0 Å². The van der Waals surface area contributed by atoms with Crippen molar-refractivity contribution in [3.05, 3.63) is 47.2 Å². The maximum absolute atomic E-state index is 12.5. The highest BCUT2D eigenvalue weighted by molar-refractivity contribution is 5.92. The second-order valence-electron chi connectivity index (χ2n) is 6.86. The summed E-state index contributed by atoms with van der Waals surface area (Å²) in [6.07, 6.45) is 5.09. The highest BCUT2D eigenvalue weighted by atomic mass is 35.5. The van der Waals surface area contributed by atoms with Gasteiger partial charge in [-0.05, 0) is 44.2 Å². The highest BCUT2D eigenvalue weighted by Crippen LogP contribution is 2.35. The lowest BCUT2D eigenvalue weighted by molar-refractivity contribution is -0.119. The number of amides is 1. The monoisotopic (exact) mass is 362 g/mol. The third-order valence-electron chi connectivity index (χ3n) is 5.06. The summed E-state index contributed by atoms with van der Waals surface area (Å²) in [6.45, 7) is 5.68. The van der Waals surface area contributed by atoms with Gasteiger partial charge in [0.2, 0.25) is 5.91 Å². The lowest BCUT2D eigenvalue weighted by Gasteiger charge is -2.27. The van der Waals surface area contributed by atoms with E-state index in [1.165, 1.54) is 11.1 Å². The fraction of sp³-hybridized carbons (Fsp3) is 0.474. The average molecular weight is 363 g/mol. The van der Waals surface area contributed by atoms with Crippen LogP contribution in [0.25, 0.3) is 0 Å². The molecule has 2 aromatic rings. The number of rotatable bonds is 4. The van der Waals surface area contributed by atoms with Gasteiger partial charge >= 0.3 is 0 Å². The Hall–Kier alpha value is -1.85. The normalized spacial score (nSPS) is 18.6. The zero-order valence-corrected chi connectivity index (χ0v) is 15.8. The summed E-state index contributed by atoms with van der Waals surface area (Å²) < 4.78 is 1.97. The van der Waals surface area contributed by atoms with Crippen LogP contribution in [0.2, 0.25) is 0 Å². The molecule has 3 unspecified atom stereocenters. The molecular formula is C19H27ClN4O. The third kappa shape index (κ3) is 3.88. The first-order chi connectivity index (χ1) is 11.5. The van der Waals surface area contributed by atoms with Crippen LogP contribution in [0.1, 0.15) is 49.4 Å². The third-order valence-corrected chi connectivity index (χ3v) is 5.06. The predicted molar refractivity (Wildman–Crippen MR) is 103 cm³/mol. The largest absolute Gasteiger partial charge is 0.327 e. The van der Waals surface area contributed by atoms with Crippen molar-refractivity contribution in [2.75, 3.05) is 5.32 Å². The highest BCUT2D eigenvalue weighted by Gasteiger charge is 2.26. The second-order valence-corrected chi connectivity index (χ2v) is 6.86. The van der Waals surface area contributed by atoms with Crippen molar-refractivity contribution in [2.45, 2.75) is 52.1 Å². The van der Waals surface area contributed by atoms with E-state index in [4.69, 9.17) is 5.73 Å². The fourth-order valence-electron chi connectivity index (χ4n) is 3.29. The minimum Gasteiger partial charge on any atom is -0.327 e. The molecule has 0 saturated carbocycles. The summed E-state index contributed by atoms with van der Waals surface area (Å²) in [5, 5.41) is 7.62. The first-order valence-corrected chi connectivity index (χ1v) is 8.67. The quantitative estimate of drug-likeness (QED) is 0.874. The van der Waals surface area contributed by atoms with Crippen molar-refractivity contribution < 1.29 is 4.79 Å². The number of halogens is 1. The predicted octanol–water partition coefficient (Wildman–Crippen LogP) is 3.46. The van der Waals surface area contributed by atoms with Gasteiger partial charge in [0.05, 0.1) is 18.2 Å². The Morgan fingerprint density at radius 3 is 2.80 bits per heavy atom. The first-order valence-electron chi connectivity index (χ1n) is 8.67. The summed E-state index contributed by atoms with van der Waals surface area (Å²) in [6, 6.07) is 8.51. The van der Waals surface area contributed by atoms with E-state index < -0.39 is 0 Å². The van der Waals surface area contributed by atoms with E-state index >= 15 is 0 Å². The molecule has 0 saturated heterocycles. The lowest BCUT2D eigenvalue weighted by atomic mass is 9.88. The van der Waals surface area contributed by atoms with Crippen molar-refractivity contribution in [3.63, 3.8) is 0 Å². The number of carbonyl (C=O) groups is 1. The van der Waals surface area contributed by atoms with Gasteiger partial charge in [-0.2, -0.15) is 5.10 Å². The molecule has 1 aromatic carbocycles. The Morgan fingerprint density at radius 1 is 1.36 bits per heavy atom. The Bertz CT molecular complexity index is 741. The standard InChI is InChI=1S/C19H26N4O.ClH/c1-12-11-21-23(18(12)22-19(24)13(2)14(3)20)17-10-6-8-15-7-4-5-9-16(15)17;/h4-5,7,9,11,13-14,17H,6,8,10,20H2,1-3H3,(H,22,24);1H. The summed E-state index contributed by atoms with van der Waals surface area (Å²) >= 11 is 0. The van der Waals surface area contributed by atoms with Crippen molar-refractivity contribution in [3.8, 4) is 0 Å². The molecule has 0 aliphatic heterocycles. The van der Waals surface area contributed by atoms with Gasteiger partial charge in [0, 0.05) is 11.6 Å². The summed E-state index contributed by atoms with van der Waals surface area (Å²) in [7, 11) is 0. The van der Waals surface area contributed by atoms with E-state index in [0.29, 0.717) is 0 Å². The lowest BCUT2D eigenvalue weighted by Crippen LogP contribution is -2.35. The number of hydrogen-bond acceptors (Lipinski definition) is 3. The molecule has 136 valence electrons. The van der Waals surface area contributed by atoms with Crippen LogP contribution in [-0.2, 0) is 11.2 Å². The van der Waals surface area contributed by atoms with Crippen molar-refractivity contribution in [2.24, 2.45) is 11.7 Å². The van der Waals surface area contributed by atoms with Crippen LogP contribution in [0, 0.1) is 12.8 Å². The maximum atomic E-state index is 12.5. The molecule has 1 amide bonds. The van der Waals surface area contributed by atoms with Crippen LogP contribution in [0.15, 0.2) is 30.5 Å². The van der Waals surface area contributed by atoms with Gasteiger partial charge in [-0.1, -0.05) is 31.2 Å². The molecule has 6 heteroatoms. The molecule has 0 fully saturated rings. The van der Waals surface area contributed by atoms with Crippen molar-refractivity contribution in [1.82, 2.24) is 9.78 Å². The minimum absolute atomic E-state index is 0. The Kier molecular flexibility index (Phi) is 6.25. The summed E-state index contributed by atoms with van der Waals surface area (Å²) in [5.41, 5.74) is 9.53. The van der Waals surface area contributed by atoms with Gasteiger partial charge in [-0.25, -0.2) is 4.68 Å². The van der Waals surface area contributed by atoms with Crippen LogP contribution >= 0.6 is 12.4 Å². The summed E-state index contributed by atoms with van der Waals surface area (Å²) in [5.74, 6) is 0.486.